The second-order valence-electron chi connectivity index (χ2n) is 7.61. The minimum atomic E-state index is -0.149. The van der Waals surface area contributed by atoms with Crippen molar-refractivity contribution in [3.63, 3.8) is 0 Å². The molecule has 4 nitrogen and oxygen atoms in total. The number of oxazole rings is 1. The number of benzene rings is 4. The van der Waals surface area contributed by atoms with Crippen molar-refractivity contribution < 1.29 is 9.21 Å². The van der Waals surface area contributed by atoms with Gasteiger partial charge < -0.3 is 9.73 Å². The van der Waals surface area contributed by atoms with Gasteiger partial charge in [0.05, 0.1) is 0 Å². The number of nitrogens with zero attached hydrogens (tertiary/aromatic N) is 1. The number of aryl methyl sites for hydroxylation is 2. The van der Waals surface area contributed by atoms with E-state index < -0.39 is 0 Å². The van der Waals surface area contributed by atoms with E-state index >= 15 is 0 Å². The number of carbonyl (C=O) groups excluding carboxylic acids is 1. The first kappa shape index (κ1) is 19.3. The van der Waals surface area contributed by atoms with E-state index in [1.54, 1.807) is 0 Å². The number of aromatic nitrogens is 1. The summed E-state index contributed by atoms with van der Waals surface area (Å²) in [5.41, 5.74) is 5.58. The maximum atomic E-state index is 12.7. The fourth-order valence-electron chi connectivity index (χ4n) is 3.85. The number of nitrogens with one attached hydrogen (secondary N) is 1. The third-order valence-corrected chi connectivity index (χ3v) is 5.70. The van der Waals surface area contributed by atoms with Gasteiger partial charge in [0, 0.05) is 27.2 Å². The van der Waals surface area contributed by atoms with Crippen molar-refractivity contribution >= 4 is 45.1 Å². The summed E-state index contributed by atoms with van der Waals surface area (Å²) in [6.45, 7) is 3.94. The predicted molar refractivity (Wildman–Crippen MR) is 126 cm³/mol. The number of hydrogen-bond donors (Lipinski definition) is 1. The van der Waals surface area contributed by atoms with Crippen molar-refractivity contribution in [2.45, 2.75) is 13.8 Å². The monoisotopic (exact) mass is 426 g/mol. The Labute approximate surface area is 184 Å². The molecular formula is C26H19ClN2O2. The molecule has 1 amide bonds. The van der Waals surface area contributed by atoms with Crippen molar-refractivity contribution in [3.8, 4) is 11.5 Å². The smallest absolute Gasteiger partial charge is 0.255 e. The summed E-state index contributed by atoms with van der Waals surface area (Å²) in [5.74, 6) is 0.366. The molecule has 1 heterocycles. The predicted octanol–water partition coefficient (Wildman–Crippen LogP) is 7.17. The molecule has 0 bridgehead atoms. The van der Waals surface area contributed by atoms with E-state index in [0.717, 1.165) is 27.5 Å². The van der Waals surface area contributed by atoms with Crippen LogP contribution in [0.5, 0.6) is 0 Å². The fraction of sp³-hybridized carbons (Fsp3) is 0.0769. The lowest BCUT2D eigenvalue weighted by Gasteiger charge is -2.08. The Morgan fingerprint density at radius 3 is 2.58 bits per heavy atom. The second-order valence-corrected chi connectivity index (χ2v) is 8.02. The number of carbonyl (C=O) groups is 1. The Hall–Kier alpha value is -3.63. The molecule has 152 valence electrons. The Morgan fingerprint density at radius 2 is 1.74 bits per heavy atom. The molecule has 0 aliphatic carbocycles. The highest BCUT2D eigenvalue weighted by molar-refractivity contribution is 6.35. The molecule has 0 radical (unpaired) electrons. The number of halogens is 1. The number of amides is 1. The zero-order valence-corrected chi connectivity index (χ0v) is 17.8. The molecule has 0 fully saturated rings. The third-order valence-electron chi connectivity index (χ3n) is 5.37. The van der Waals surface area contributed by atoms with Crippen LogP contribution >= 0.6 is 11.6 Å². The topological polar surface area (TPSA) is 55.1 Å². The summed E-state index contributed by atoms with van der Waals surface area (Å²) < 4.78 is 6.01. The Balaban J connectivity index is 1.50. The molecule has 0 unspecified atom stereocenters. The summed E-state index contributed by atoms with van der Waals surface area (Å²) in [4.78, 5) is 17.4. The molecule has 1 N–H and O–H groups in total. The maximum absolute atomic E-state index is 12.7. The van der Waals surface area contributed by atoms with E-state index in [0.29, 0.717) is 33.3 Å². The molecule has 4 aromatic carbocycles. The molecule has 5 aromatic rings. The van der Waals surface area contributed by atoms with Crippen LogP contribution in [0, 0.1) is 13.8 Å². The van der Waals surface area contributed by atoms with Crippen LogP contribution in [0.25, 0.3) is 33.3 Å². The molecular weight excluding hydrogens is 408 g/mol. The largest absolute Gasteiger partial charge is 0.436 e. The van der Waals surface area contributed by atoms with Gasteiger partial charge in [-0.1, -0.05) is 53.6 Å². The highest BCUT2D eigenvalue weighted by Crippen LogP contribution is 2.34. The van der Waals surface area contributed by atoms with Gasteiger partial charge in [-0.2, -0.15) is 0 Å². The lowest BCUT2D eigenvalue weighted by atomic mass is 10.0. The van der Waals surface area contributed by atoms with E-state index in [2.05, 4.69) is 10.3 Å². The number of fused-ring (bicyclic) bond motifs is 2. The zero-order valence-electron chi connectivity index (χ0n) is 17.1. The lowest BCUT2D eigenvalue weighted by Crippen LogP contribution is -2.13. The van der Waals surface area contributed by atoms with Crippen LogP contribution in [-0.4, -0.2) is 10.9 Å². The number of hydrogen-bond acceptors (Lipinski definition) is 3. The van der Waals surface area contributed by atoms with Gasteiger partial charge in [-0.05, 0) is 61.2 Å². The van der Waals surface area contributed by atoms with Gasteiger partial charge in [-0.3, -0.25) is 4.79 Å². The minimum Gasteiger partial charge on any atom is -0.436 e. The lowest BCUT2D eigenvalue weighted by molar-refractivity contribution is 0.102. The van der Waals surface area contributed by atoms with E-state index in [9.17, 15) is 4.79 Å². The summed E-state index contributed by atoms with van der Waals surface area (Å²) in [6, 6.07) is 22.9. The SMILES string of the molecule is Cc1ccc(C(=O)Nc2ccc3oc(-c4cccc5c(Cl)cccc45)nc3c2)c(C)c1. The van der Waals surface area contributed by atoms with Crippen LogP contribution in [-0.2, 0) is 0 Å². The van der Waals surface area contributed by atoms with Gasteiger partial charge in [0.2, 0.25) is 5.89 Å². The van der Waals surface area contributed by atoms with Crippen LogP contribution in [0.3, 0.4) is 0 Å². The van der Waals surface area contributed by atoms with Crippen molar-refractivity contribution in [1.29, 1.82) is 0 Å². The molecule has 0 saturated heterocycles. The number of rotatable bonds is 3. The third kappa shape index (κ3) is 3.56. The van der Waals surface area contributed by atoms with Gasteiger partial charge >= 0.3 is 0 Å². The highest BCUT2D eigenvalue weighted by Gasteiger charge is 2.14. The summed E-state index contributed by atoms with van der Waals surface area (Å²) in [7, 11) is 0. The highest BCUT2D eigenvalue weighted by atomic mass is 35.5. The first-order valence-electron chi connectivity index (χ1n) is 9.96. The molecule has 5 heteroatoms. The molecule has 0 aliphatic rings. The maximum Gasteiger partial charge on any atom is 0.255 e. The van der Waals surface area contributed by atoms with Gasteiger partial charge in [-0.15, -0.1) is 0 Å². The second kappa shape index (κ2) is 7.56. The normalized spacial score (nSPS) is 11.2. The standard InChI is InChI=1S/C26H19ClN2O2/c1-15-9-11-18(16(2)13-15)25(30)28-17-10-12-24-23(14-17)29-26(31-24)21-7-3-6-20-19(21)5-4-8-22(20)27/h3-14H,1-2H3,(H,28,30). The van der Waals surface area contributed by atoms with Crippen LogP contribution in [0.2, 0.25) is 5.02 Å². The van der Waals surface area contributed by atoms with Crippen molar-refractivity contribution in [3.05, 3.63) is 94.5 Å². The molecule has 31 heavy (non-hydrogen) atoms. The van der Waals surface area contributed by atoms with Crippen LogP contribution < -0.4 is 5.32 Å². The van der Waals surface area contributed by atoms with Crippen molar-refractivity contribution in [1.82, 2.24) is 4.98 Å². The minimum absolute atomic E-state index is 0.149. The first-order chi connectivity index (χ1) is 15.0. The quantitative estimate of drug-likeness (QED) is 0.332. The summed E-state index contributed by atoms with van der Waals surface area (Å²) in [5, 5.41) is 5.57. The summed E-state index contributed by atoms with van der Waals surface area (Å²) in [6.07, 6.45) is 0. The molecule has 0 aliphatic heterocycles. The summed E-state index contributed by atoms with van der Waals surface area (Å²) >= 11 is 6.34. The molecule has 1 aromatic heterocycles. The average Bonchev–Trinajstić information content (AvgIpc) is 3.17. The molecule has 0 saturated carbocycles. The Bertz CT molecular complexity index is 1470. The van der Waals surface area contributed by atoms with Crippen molar-refractivity contribution in [2.75, 3.05) is 5.32 Å². The average molecular weight is 427 g/mol. The zero-order chi connectivity index (χ0) is 21.5. The van der Waals surface area contributed by atoms with E-state index in [1.165, 1.54) is 0 Å². The fourth-order valence-corrected chi connectivity index (χ4v) is 4.08. The van der Waals surface area contributed by atoms with Gasteiger partial charge in [0.25, 0.3) is 5.91 Å². The van der Waals surface area contributed by atoms with E-state index in [4.69, 9.17) is 16.0 Å². The van der Waals surface area contributed by atoms with Gasteiger partial charge in [0.1, 0.15) is 5.52 Å². The number of anilines is 1. The van der Waals surface area contributed by atoms with Crippen LogP contribution in [0.4, 0.5) is 5.69 Å². The first-order valence-corrected chi connectivity index (χ1v) is 10.3. The van der Waals surface area contributed by atoms with Crippen LogP contribution in [0.1, 0.15) is 21.5 Å². The molecule has 5 rings (SSSR count). The van der Waals surface area contributed by atoms with Crippen molar-refractivity contribution in [2.24, 2.45) is 0 Å². The van der Waals surface area contributed by atoms with E-state index in [1.807, 2.05) is 86.6 Å². The molecule has 0 spiro atoms. The van der Waals surface area contributed by atoms with Crippen LogP contribution in [0.15, 0.2) is 77.2 Å². The Morgan fingerprint density at radius 1 is 0.935 bits per heavy atom. The molecule has 0 atom stereocenters. The van der Waals surface area contributed by atoms with E-state index in [-0.39, 0.29) is 5.91 Å². The Kier molecular flexibility index (Phi) is 4.72. The van der Waals surface area contributed by atoms with Gasteiger partial charge in [-0.25, -0.2) is 4.98 Å². The van der Waals surface area contributed by atoms with Gasteiger partial charge in [0.15, 0.2) is 5.58 Å².